The molecule has 6 nitrogen and oxygen atoms in total. The van der Waals surface area contributed by atoms with Crippen LogP contribution < -0.4 is 5.32 Å². The number of aromatic nitrogens is 2. The Balaban J connectivity index is 1.60. The van der Waals surface area contributed by atoms with Crippen LogP contribution in [0.15, 0.2) is 24.5 Å². The van der Waals surface area contributed by atoms with Crippen LogP contribution in [0.1, 0.15) is 30.0 Å². The highest BCUT2D eigenvalue weighted by Gasteiger charge is 2.26. The Morgan fingerprint density at radius 2 is 2.32 bits per heavy atom. The first kappa shape index (κ1) is 18.0. The number of hydrogen-bond acceptors (Lipinski definition) is 6. The van der Waals surface area contributed by atoms with Crippen molar-refractivity contribution >= 4 is 22.4 Å². The van der Waals surface area contributed by atoms with Crippen LogP contribution in [0.2, 0.25) is 0 Å². The van der Waals surface area contributed by atoms with Gasteiger partial charge in [0, 0.05) is 49.0 Å². The fraction of sp³-hybridized carbons (Fsp3) is 0.500. The van der Waals surface area contributed by atoms with Crippen LogP contribution in [0, 0.1) is 6.92 Å². The van der Waals surface area contributed by atoms with Crippen molar-refractivity contribution in [1.82, 2.24) is 14.9 Å². The average molecular weight is 360 g/mol. The zero-order valence-electron chi connectivity index (χ0n) is 14.9. The summed E-state index contributed by atoms with van der Waals surface area (Å²) >= 11 is 1.53. The van der Waals surface area contributed by atoms with Gasteiger partial charge in [-0.05, 0) is 38.0 Å². The summed E-state index contributed by atoms with van der Waals surface area (Å²) < 4.78 is 6.03. The number of nitrogens with one attached hydrogen (secondary N) is 1. The molecule has 0 aromatic carbocycles. The summed E-state index contributed by atoms with van der Waals surface area (Å²) in [6, 6.07) is 4.54. The number of pyridine rings is 1. The van der Waals surface area contributed by atoms with Gasteiger partial charge in [-0.15, -0.1) is 11.3 Å². The fourth-order valence-electron chi connectivity index (χ4n) is 3.00. The molecule has 1 N–H and O–H groups in total. The third kappa shape index (κ3) is 5.07. The van der Waals surface area contributed by atoms with Crippen molar-refractivity contribution in [2.75, 3.05) is 18.5 Å². The standard InChI is InChI=1S/C18H24N4O2S/c1-12-6-15(4-5-19-12)7-16-9-22(13(2)11-24-16)10-17-8-20-18(25-17)21-14(3)23/h4-6,8,13,16H,7,9-11H2,1-3H3,(H,20,21,23)/t13-,16+/m0/s1. The predicted octanol–water partition coefficient (Wildman–Crippen LogP) is 2.64. The number of thiazole rings is 1. The van der Waals surface area contributed by atoms with Gasteiger partial charge in [0.05, 0.1) is 12.7 Å². The molecule has 1 aliphatic rings. The van der Waals surface area contributed by atoms with E-state index in [1.165, 1.54) is 23.8 Å². The fourth-order valence-corrected chi connectivity index (χ4v) is 3.89. The monoisotopic (exact) mass is 360 g/mol. The van der Waals surface area contributed by atoms with E-state index in [0.29, 0.717) is 11.2 Å². The van der Waals surface area contributed by atoms with E-state index < -0.39 is 0 Å². The number of amides is 1. The minimum atomic E-state index is -0.0895. The van der Waals surface area contributed by atoms with Gasteiger partial charge in [-0.25, -0.2) is 4.98 Å². The van der Waals surface area contributed by atoms with E-state index in [2.05, 4.69) is 39.2 Å². The Labute approximate surface area is 152 Å². The predicted molar refractivity (Wildman–Crippen MR) is 98.7 cm³/mol. The van der Waals surface area contributed by atoms with Crippen LogP contribution in [-0.2, 0) is 22.5 Å². The molecule has 1 amide bonds. The van der Waals surface area contributed by atoms with Crippen molar-refractivity contribution in [3.63, 3.8) is 0 Å². The lowest BCUT2D eigenvalue weighted by atomic mass is 10.1. The number of aryl methyl sites for hydroxylation is 1. The molecule has 0 unspecified atom stereocenters. The lowest BCUT2D eigenvalue weighted by Crippen LogP contribution is -2.48. The Morgan fingerprint density at radius 1 is 1.48 bits per heavy atom. The molecule has 0 spiro atoms. The van der Waals surface area contributed by atoms with Crippen LogP contribution in [0.3, 0.4) is 0 Å². The highest BCUT2D eigenvalue weighted by atomic mass is 32.1. The third-order valence-electron chi connectivity index (χ3n) is 4.25. The molecule has 3 heterocycles. The number of rotatable bonds is 5. The quantitative estimate of drug-likeness (QED) is 0.888. The van der Waals surface area contributed by atoms with Gasteiger partial charge in [-0.2, -0.15) is 0 Å². The van der Waals surface area contributed by atoms with E-state index in [1.807, 2.05) is 19.3 Å². The first-order valence-corrected chi connectivity index (χ1v) is 9.30. The van der Waals surface area contributed by atoms with Gasteiger partial charge in [-0.1, -0.05) is 0 Å². The maximum Gasteiger partial charge on any atom is 0.223 e. The molecular formula is C18H24N4O2S. The third-order valence-corrected chi connectivity index (χ3v) is 5.15. The molecule has 0 saturated carbocycles. The van der Waals surface area contributed by atoms with E-state index >= 15 is 0 Å². The van der Waals surface area contributed by atoms with Gasteiger partial charge < -0.3 is 10.1 Å². The highest BCUT2D eigenvalue weighted by Crippen LogP contribution is 2.23. The van der Waals surface area contributed by atoms with Crippen LogP contribution in [0.25, 0.3) is 0 Å². The summed E-state index contributed by atoms with van der Waals surface area (Å²) in [7, 11) is 0. The number of nitrogens with zero attached hydrogens (tertiary/aromatic N) is 3. The van der Waals surface area contributed by atoms with Crippen molar-refractivity contribution in [3.05, 3.63) is 40.7 Å². The molecule has 0 bridgehead atoms. The number of ether oxygens (including phenoxy) is 1. The zero-order valence-corrected chi connectivity index (χ0v) is 15.7. The van der Waals surface area contributed by atoms with Crippen molar-refractivity contribution in [2.24, 2.45) is 0 Å². The molecule has 2 atom stereocenters. The summed E-state index contributed by atoms with van der Waals surface area (Å²) in [5.74, 6) is -0.0895. The number of carbonyl (C=O) groups is 1. The molecule has 0 radical (unpaired) electrons. The van der Waals surface area contributed by atoms with Crippen molar-refractivity contribution in [1.29, 1.82) is 0 Å². The number of morpholine rings is 1. The number of anilines is 1. The largest absolute Gasteiger partial charge is 0.375 e. The normalized spacial score (nSPS) is 21.2. The first-order valence-electron chi connectivity index (χ1n) is 8.49. The van der Waals surface area contributed by atoms with Crippen molar-refractivity contribution < 1.29 is 9.53 Å². The lowest BCUT2D eigenvalue weighted by Gasteiger charge is -2.37. The summed E-state index contributed by atoms with van der Waals surface area (Å²) in [5.41, 5.74) is 2.30. The molecule has 25 heavy (non-hydrogen) atoms. The van der Waals surface area contributed by atoms with E-state index in [0.717, 1.165) is 36.7 Å². The number of carbonyl (C=O) groups excluding carboxylic acids is 1. The van der Waals surface area contributed by atoms with E-state index in [-0.39, 0.29) is 12.0 Å². The van der Waals surface area contributed by atoms with Crippen LogP contribution >= 0.6 is 11.3 Å². The molecule has 0 aliphatic carbocycles. The first-order chi connectivity index (χ1) is 12.0. The second-order valence-corrected chi connectivity index (χ2v) is 7.67. The summed E-state index contributed by atoms with van der Waals surface area (Å²) in [6.45, 7) is 8.13. The summed E-state index contributed by atoms with van der Waals surface area (Å²) in [5, 5.41) is 3.40. The van der Waals surface area contributed by atoms with E-state index in [1.54, 1.807) is 0 Å². The molecule has 1 fully saturated rings. The molecule has 1 aliphatic heterocycles. The maximum absolute atomic E-state index is 11.1. The van der Waals surface area contributed by atoms with Crippen molar-refractivity contribution in [2.45, 2.75) is 45.9 Å². The topological polar surface area (TPSA) is 67.4 Å². The van der Waals surface area contributed by atoms with Gasteiger partial charge in [0.2, 0.25) is 5.91 Å². The average Bonchev–Trinajstić information content (AvgIpc) is 2.97. The Bertz CT molecular complexity index is 733. The minimum Gasteiger partial charge on any atom is -0.375 e. The number of hydrogen-bond donors (Lipinski definition) is 1. The second-order valence-electron chi connectivity index (χ2n) is 6.56. The second kappa shape index (κ2) is 8.03. The van der Waals surface area contributed by atoms with Crippen molar-refractivity contribution in [3.8, 4) is 0 Å². The summed E-state index contributed by atoms with van der Waals surface area (Å²) in [6.07, 6.45) is 4.78. The highest BCUT2D eigenvalue weighted by molar-refractivity contribution is 7.15. The summed E-state index contributed by atoms with van der Waals surface area (Å²) in [4.78, 5) is 23.2. The van der Waals surface area contributed by atoms with E-state index in [9.17, 15) is 4.79 Å². The SMILES string of the molecule is CC(=O)Nc1ncc(CN2C[C@@H](Cc3ccnc(C)c3)OC[C@@H]2C)s1. The van der Waals surface area contributed by atoms with Gasteiger partial charge in [0.1, 0.15) is 0 Å². The molecule has 7 heteroatoms. The van der Waals surface area contributed by atoms with E-state index in [4.69, 9.17) is 4.74 Å². The molecule has 3 rings (SSSR count). The zero-order chi connectivity index (χ0) is 17.8. The Hall–Kier alpha value is -1.83. The minimum absolute atomic E-state index is 0.0895. The lowest BCUT2D eigenvalue weighted by molar-refractivity contribution is -0.114. The van der Waals surface area contributed by atoms with Gasteiger partial charge >= 0.3 is 0 Å². The van der Waals surface area contributed by atoms with Crippen LogP contribution in [0.5, 0.6) is 0 Å². The van der Waals surface area contributed by atoms with Crippen LogP contribution in [0.4, 0.5) is 5.13 Å². The molecular weight excluding hydrogens is 336 g/mol. The Kier molecular flexibility index (Phi) is 5.78. The maximum atomic E-state index is 11.1. The molecule has 2 aromatic heterocycles. The Morgan fingerprint density at radius 3 is 3.08 bits per heavy atom. The van der Waals surface area contributed by atoms with Gasteiger partial charge in [0.15, 0.2) is 5.13 Å². The van der Waals surface area contributed by atoms with Gasteiger partial charge in [0.25, 0.3) is 0 Å². The van der Waals surface area contributed by atoms with Gasteiger partial charge in [-0.3, -0.25) is 14.7 Å². The molecule has 2 aromatic rings. The molecule has 1 saturated heterocycles. The van der Waals surface area contributed by atoms with Crippen LogP contribution in [-0.4, -0.2) is 46.1 Å². The smallest absolute Gasteiger partial charge is 0.223 e. The molecule has 134 valence electrons.